The second-order valence-corrected chi connectivity index (χ2v) is 4.94. The maximum atomic E-state index is 10.8. The van der Waals surface area contributed by atoms with Gasteiger partial charge in [0.15, 0.2) is 0 Å². The molecular weight excluding hydrogens is 252 g/mol. The lowest BCUT2D eigenvalue weighted by Gasteiger charge is -1.97. The van der Waals surface area contributed by atoms with Gasteiger partial charge < -0.3 is 9.52 Å². The third-order valence-corrected chi connectivity index (χ3v) is 3.44. The van der Waals surface area contributed by atoms with E-state index >= 15 is 0 Å². The SMILES string of the molecule is O=C(O)[C@H]1C[C@@H]1c1ccc(-c2cccc(Cl)c2)o1. The van der Waals surface area contributed by atoms with Gasteiger partial charge >= 0.3 is 5.97 Å². The van der Waals surface area contributed by atoms with E-state index in [1.165, 1.54) is 0 Å². The Morgan fingerprint density at radius 2 is 2.17 bits per heavy atom. The molecule has 0 bridgehead atoms. The monoisotopic (exact) mass is 262 g/mol. The molecule has 0 spiro atoms. The van der Waals surface area contributed by atoms with Crippen molar-refractivity contribution < 1.29 is 14.3 Å². The first-order valence-electron chi connectivity index (χ1n) is 5.73. The topological polar surface area (TPSA) is 50.4 Å². The van der Waals surface area contributed by atoms with E-state index in [-0.39, 0.29) is 11.8 Å². The number of hydrogen-bond donors (Lipinski definition) is 1. The molecule has 1 aromatic carbocycles. The number of carboxylic acid groups (broad SMARTS) is 1. The van der Waals surface area contributed by atoms with Gasteiger partial charge in [-0.25, -0.2) is 0 Å². The number of rotatable bonds is 3. The van der Waals surface area contributed by atoms with Gasteiger partial charge in [0.25, 0.3) is 0 Å². The number of halogens is 1. The van der Waals surface area contributed by atoms with Gasteiger partial charge in [-0.3, -0.25) is 4.79 Å². The van der Waals surface area contributed by atoms with Crippen LogP contribution in [0, 0.1) is 5.92 Å². The minimum Gasteiger partial charge on any atom is -0.481 e. The molecule has 4 heteroatoms. The summed E-state index contributed by atoms with van der Waals surface area (Å²) in [6.45, 7) is 0. The Morgan fingerprint density at radius 1 is 1.33 bits per heavy atom. The molecule has 1 N–H and O–H groups in total. The number of furan rings is 1. The fourth-order valence-electron chi connectivity index (χ4n) is 2.13. The molecule has 18 heavy (non-hydrogen) atoms. The van der Waals surface area contributed by atoms with Crippen molar-refractivity contribution in [3.63, 3.8) is 0 Å². The molecule has 0 unspecified atom stereocenters. The summed E-state index contributed by atoms with van der Waals surface area (Å²) in [5.74, 6) is 0.459. The smallest absolute Gasteiger partial charge is 0.307 e. The maximum absolute atomic E-state index is 10.8. The zero-order valence-electron chi connectivity index (χ0n) is 9.47. The van der Waals surface area contributed by atoms with E-state index in [0.29, 0.717) is 11.4 Å². The van der Waals surface area contributed by atoms with E-state index < -0.39 is 5.97 Å². The minimum absolute atomic E-state index is 0.0236. The van der Waals surface area contributed by atoms with Crippen molar-refractivity contribution in [3.05, 3.63) is 47.2 Å². The van der Waals surface area contributed by atoms with Crippen LogP contribution in [-0.4, -0.2) is 11.1 Å². The van der Waals surface area contributed by atoms with Crippen molar-refractivity contribution in [2.24, 2.45) is 5.92 Å². The molecule has 2 aromatic rings. The molecule has 1 saturated carbocycles. The lowest BCUT2D eigenvalue weighted by atomic mass is 10.2. The Labute approximate surface area is 109 Å². The average molecular weight is 263 g/mol. The normalized spacial score (nSPS) is 21.8. The lowest BCUT2D eigenvalue weighted by molar-refractivity contribution is -0.138. The fourth-order valence-corrected chi connectivity index (χ4v) is 2.32. The molecule has 1 aliphatic rings. The maximum Gasteiger partial charge on any atom is 0.307 e. The van der Waals surface area contributed by atoms with Gasteiger partial charge in [-0.2, -0.15) is 0 Å². The second-order valence-electron chi connectivity index (χ2n) is 4.50. The Balaban J connectivity index is 1.84. The number of hydrogen-bond acceptors (Lipinski definition) is 2. The second kappa shape index (κ2) is 4.18. The molecule has 0 saturated heterocycles. The number of benzene rings is 1. The standard InChI is InChI=1S/C14H11ClO3/c15-9-3-1-2-8(6-9)12-4-5-13(18-12)10-7-11(10)14(16)17/h1-6,10-11H,7H2,(H,16,17)/t10-,11-/m0/s1. The first kappa shape index (κ1) is 11.4. The van der Waals surface area contributed by atoms with Crippen LogP contribution in [0.1, 0.15) is 18.1 Å². The fraction of sp³-hybridized carbons (Fsp3) is 0.214. The molecule has 0 amide bonds. The molecule has 0 radical (unpaired) electrons. The van der Waals surface area contributed by atoms with Crippen LogP contribution in [-0.2, 0) is 4.79 Å². The molecule has 3 nitrogen and oxygen atoms in total. The van der Waals surface area contributed by atoms with Crippen molar-refractivity contribution in [3.8, 4) is 11.3 Å². The molecular formula is C14H11ClO3. The van der Waals surface area contributed by atoms with Crippen LogP contribution in [0.15, 0.2) is 40.8 Å². The van der Waals surface area contributed by atoms with E-state index in [1.54, 1.807) is 6.07 Å². The van der Waals surface area contributed by atoms with Crippen LogP contribution in [0.25, 0.3) is 11.3 Å². The third kappa shape index (κ3) is 2.02. The summed E-state index contributed by atoms with van der Waals surface area (Å²) >= 11 is 5.92. The van der Waals surface area contributed by atoms with E-state index in [4.69, 9.17) is 21.1 Å². The minimum atomic E-state index is -0.749. The third-order valence-electron chi connectivity index (χ3n) is 3.21. The molecule has 1 aliphatic carbocycles. The average Bonchev–Trinajstić information content (AvgIpc) is 3.00. The highest BCUT2D eigenvalue weighted by molar-refractivity contribution is 6.30. The number of aliphatic carboxylic acids is 1. The summed E-state index contributed by atoms with van der Waals surface area (Å²) in [7, 11) is 0. The van der Waals surface area contributed by atoms with Crippen LogP contribution in [0.5, 0.6) is 0 Å². The largest absolute Gasteiger partial charge is 0.481 e. The van der Waals surface area contributed by atoms with E-state index in [9.17, 15) is 4.79 Å². The Bertz CT molecular complexity index is 603. The van der Waals surface area contributed by atoms with E-state index in [0.717, 1.165) is 17.1 Å². The van der Waals surface area contributed by atoms with Gasteiger partial charge in [0.2, 0.25) is 0 Å². The predicted molar refractivity (Wildman–Crippen MR) is 67.6 cm³/mol. The van der Waals surface area contributed by atoms with Gasteiger partial charge in [0, 0.05) is 16.5 Å². The van der Waals surface area contributed by atoms with Gasteiger partial charge in [0.1, 0.15) is 11.5 Å². The first-order valence-corrected chi connectivity index (χ1v) is 6.11. The van der Waals surface area contributed by atoms with Gasteiger partial charge in [-0.05, 0) is 30.7 Å². The molecule has 1 heterocycles. The molecule has 1 aromatic heterocycles. The highest BCUT2D eigenvalue weighted by Crippen LogP contribution is 2.48. The van der Waals surface area contributed by atoms with Gasteiger partial charge in [-0.15, -0.1) is 0 Å². The van der Waals surface area contributed by atoms with Gasteiger partial charge in [-0.1, -0.05) is 23.7 Å². The Kier molecular flexibility index (Phi) is 2.63. The van der Waals surface area contributed by atoms with E-state index in [1.807, 2.05) is 30.3 Å². The van der Waals surface area contributed by atoms with Crippen molar-refractivity contribution in [1.82, 2.24) is 0 Å². The van der Waals surface area contributed by atoms with Crippen LogP contribution < -0.4 is 0 Å². The quantitative estimate of drug-likeness (QED) is 0.916. The first-order chi connectivity index (χ1) is 8.65. The van der Waals surface area contributed by atoms with Crippen molar-refractivity contribution in [1.29, 1.82) is 0 Å². The summed E-state index contributed by atoms with van der Waals surface area (Å²) in [6.07, 6.45) is 0.665. The van der Waals surface area contributed by atoms with Crippen LogP contribution >= 0.6 is 11.6 Å². The zero-order chi connectivity index (χ0) is 12.7. The van der Waals surface area contributed by atoms with Crippen LogP contribution in [0.3, 0.4) is 0 Å². The van der Waals surface area contributed by atoms with Crippen molar-refractivity contribution >= 4 is 17.6 Å². The van der Waals surface area contributed by atoms with Crippen molar-refractivity contribution in [2.45, 2.75) is 12.3 Å². The number of carbonyl (C=O) groups is 1. The number of carboxylic acids is 1. The molecule has 0 aliphatic heterocycles. The van der Waals surface area contributed by atoms with E-state index in [2.05, 4.69) is 0 Å². The van der Waals surface area contributed by atoms with Gasteiger partial charge in [0.05, 0.1) is 5.92 Å². The highest BCUT2D eigenvalue weighted by Gasteiger charge is 2.46. The molecule has 2 atom stereocenters. The summed E-state index contributed by atoms with van der Waals surface area (Å²) in [6, 6.07) is 11.1. The molecule has 1 fully saturated rings. The summed E-state index contributed by atoms with van der Waals surface area (Å²) < 4.78 is 5.71. The summed E-state index contributed by atoms with van der Waals surface area (Å²) in [4.78, 5) is 10.8. The highest BCUT2D eigenvalue weighted by atomic mass is 35.5. The Morgan fingerprint density at radius 3 is 2.83 bits per heavy atom. The van der Waals surface area contributed by atoms with Crippen LogP contribution in [0.2, 0.25) is 5.02 Å². The Hall–Kier alpha value is -1.74. The predicted octanol–water partition coefficient (Wildman–Crippen LogP) is 3.79. The molecule has 3 rings (SSSR count). The summed E-state index contributed by atoms with van der Waals surface area (Å²) in [5.41, 5.74) is 0.904. The summed E-state index contributed by atoms with van der Waals surface area (Å²) in [5, 5.41) is 9.54. The van der Waals surface area contributed by atoms with Crippen LogP contribution in [0.4, 0.5) is 0 Å². The zero-order valence-corrected chi connectivity index (χ0v) is 10.2. The van der Waals surface area contributed by atoms with Crippen molar-refractivity contribution in [2.75, 3.05) is 0 Å². The lowest BCUT2D eigenvalue weighted by Crippen LogP contribution is -1.98. The molecule has 92 valence electrons.